The van der Waals surface area contributed by atoms with Gasteiger partial charge in [-0.1, -0.05) is 35.4 Å². The van der Waals surface area contributed by atoms with Gasteiger partial charge in [-0.15, -0.1) is 0 Å². The van der Waals surface area contributed by atoms with Gasteiger partial charge in [-0.25, -0.2) is 0 Å². The van der Waals surface area contributed by atoms with Gasteiger partial charge in [0.05, 0.1) is 18.2 Å². The third-order valence-electron chi connectivity index (χ3n) is 4.59. The fourth-order valence-electron chi connectivity index (χ4n) is 3.13. The van der Waals surface area contributed by atoms with Crippen molar-refractivity contribution in [3.8, 4) is 0 Å². The second kappa shape index (κ2) is 7.97. The molecule has 2 aromatic carbocycles. The molecule has 0 spiro atoms. The van der Waals surface area contributed by atoms with E-state index < -0.39 is 5.91 Å². The average molecular weight is 408 g/mol. The van der Waals surface area contributed by atoms with E-state index in [1.807, 2.05) is 25.1 Å². The third kappa shape index (κ3) is 4.25. The number of aryl methyl sites for hydroxylation is 1. The quantitative estimate of drug-likeness (QED) is 0.456. The van der Waals surface area contributed by atoms with Crippen LogP contribution < -0.4 is 5.43 Å². The molecule has 146 valence electrons. The van der Waals surface area contributed by atoms with E-state index in [4.69, 9.17) is 20.4 Å². The number of halogens is 1. The number of fused-ring (bicyclic) bond motifs is 1. The zero-order chi connectivity index (χ0) is 20.4. The maximum Gasteiger partial charge on any atom is 0.290 e. The summed E-state index contributed by atoms with van der Waals surface area (Å²) in [4.78, 5) is 27.3. The number of carbonyl (C=O) groups is 1. The molecule has 29 heavy (non-hydrogen) atoms. The molecule has 0 aliphatic rings. The van der Waals surface area contributed by atoms with Gasteiger partial charge >= 0.3 is 0 Å². The van der Waals surface area contributed by atoms with Crippen LogP contribution in [0.4, 0.5) is 0 Å². The summed E-state index contributed by atoms with van der Waals surface area (Å²) in [5, 5.41) is 1.07. The summed E-state index contributed by atoms with van der Waals surface area (Å²) in [6, 6.07) is 17.3. The van der Waals surface area contributed by atoms with E-state index in [1.165, 1.54) is 6.07 Å². The monoisotopic (exact) mass is 407 g/mol. The molecule has 0 aliphatic carbocycles. The SMILES string of the molecule is Cc1ccc2oc(C(=O)N(Cc3ccc(Cl)cc3)Cc3ccco3)cc(=O)c2c1. The lowest BCUT2D eigenvalue weighted by Gasteiger charge is -2.21. The van der Waals surface area contributed by atoms with Crippen molar-refractivity contribution < 1.29 is 13.6 Å². The van der Waals surface area contributed by atoms with Crippen LogP contribution in [0.25, 0.3) is 11.0 Å². The van der Waals surface area contributed by atoms with Gasteiger partial charge in [0.25, 0.3) is 5.91 Å². The van der Waals surface area contributed by atoms with E-state index in [-0.39, 0.29) is 17.7 Å². The average Bonchev–Trinajstić information content (AvgIpc) is 3.22. The van der Waals surface area contributed by atoms with Crippen molar-refractivity contribution in [1.82, 2.24) is 4.90 Å². The van der Waals surface area contributed by atoms with Crippen LogP contribution in [-0.2, 0) is 13.1 Å². The molecule has 0 unspecified atom stereocenters. The van der Waals surface area contributed by atoms with Crippen molar-refractivity contribution in [2.45, 2.75) is 20.0 Å². The number of nitrogens with zero attached hydrogens (tertiary/aromatic N) is 1. The molecule has 0 fully saturated rings. The summed E-state index contributed by atoms with van der Waals surface area (Å²) in [5.41, 5.74) is 1.98. The number of amides is 1. The Morgan fingerprint density at radius 3 is 2.55 bits per heavy atom. The molecule has 0 atom stereocenters. The normalized spacial score (nSPS) is 11.0. The largest absolute Gasteiger partial charge is 0.467 e. The van der Waals surface area contributed by atoms with Crippen LogP contribution in [0.2, 0.25) is 5.02 Å². The maximum atomic E-state index is 13.2. The van der Waals surface area contributed by atoms with E-state index in [0.29, 0.717) is 28.3 Å². The van der Waals surface area contributed by atoms with E-state index >= 15 is 0 Å². The predicted octanol–water partition coefficient (Wildman–Crippen LogP) is 5.19. The van der Waals surface area contributed by atoms with Gasteiger partial charge in [0.15, 0.2) is 11.2 Å². The van der Waals surface area contributed by atoms with Crippen molar-refractivity contribution in [2.24, 2.45) is 0 Å². The Kier molecular flexibility index (Phi) is 5.23. The number of hydrogen-bond acceptors (Lipinski definition) is 4. The molecule has 2 aromatic heterocycles. The lowest BCUT2D eigenvalue weighted by molar-refractivity contribution is 0.0686. The van der Waals surface area contributed by atoms with Gasteiger partial charge in [0.2, 0.25) is 0 Å². The van der Waals surface area contributed by atoms with Crippen LogP contribution in [0, 0.1) is 6.92 Å². The van der Waals surface area contributed by atoms with Gasteiger partial charge in [-0.05, 0) is 48.9 Å². The summed E-state index contributed by atoms with van der Waals surface area (Å²) in [6.45, 7) is 2.45. The first-order chi connectivity index (χ1) is 14.0. The molecule has 0 aliphatic heterocycles. The summed E-state index contributed by atoms with van der Waals surface area (Å²) in [7, 11) is 0. The number of carbonyl (C=O) groups excluding carboxylic acids is 1. The Bertz CT molecular complexity index is 1210. The fourth-order valence-corrected chi connectivity index (χ4v) is 3.26. The Balaban J connectivity index is 1.70. The summed E-state index contributed by atoms with van der Waals surface area (Å²) >= 11 is 5.96. The highest BCUT2D eigenvalue weighted by Gasteiger charge is 2.21. The minimum absolute atomic E-state index is 0.00753. The minimum atomic E-state index is -0.393. The molecule has 0 saturated heterocycles. The van der Waals surface area contributed by atoms with Gasteiger partial charge in [-0.3, -0.25) is 9.59 Å². The van der Waals surface area contributed by atoms with Crippen LogP contribution >= 0.6 is 11.6 Å². The predicted molar refractivity (Wildman–Crippen MR) is 111 cm³/mol. The second-order valence-electron chi connectivity index (χ2n) is 6.84. The Morgan fingerprint density at radius 2 is 1.83 bits per heavy atom. The van der Waals surface area contributed by atoms with Gasteiger partial charge < -0.3 is 13.7 Å². The Hall–Kier alpha value is -3.31. The van der Waals surface area contributed by atoms with Crippen LogP contribution in [0.1, 0.15) is 27.4 Å². The molecule has 5 nitrogen and oxygen atoms in total. The number of furan rings is 1. The Labute approximate surface area is 172 Å². The zero-order valence-electron chi connectivity index (χ0n) is 15.7. The van der Waals surface area contributed by atoms with Crippen molar-refractivity contribution in [1.29, 1.82) is 0 Å². The van der Waals surface area contributed by atoms with E-state index in [2.05, 4.69) is 0 Å². The molecular formula is C23H18ClNO4. The second-order valence-corrected chi connectivity index (χ2v) is 7.28. The van der Waals surface area contributed by atoms with Crippen molar-refractivity contribution in [3.05, 3.63) is 105 Å². The molecule has 6 heteroatoms. The number of rotatable bonds is 5. The fraction of sp³-hybridized carbons (Fsp3) is 0.130. The lowest BCUT2D eigenvalue weighted by Crippen LogP contribution is -2.30. The van der Waals surface area contributed by atoms with Crippen LogP contribution in [0.15, 0.2) is 80.6 Å². The molecule has 0 saturated carbocycles. The van der Waals surface area contributed by atoms with Crippen LogP contribution in [0.3, 0.4) is 0 Å². The van der Waals surface area contributed by atoms with Crippen molar-refractivity contribution in [2.75, 3.05) is 0 Å². The first-order valence-electron chi connectivity index (χ1n) is 9.10. The highest BCUT2D eigenvalue weighted by atomic mass is 35.5. The summed E-state index contributed by atoms with van der Waals surface area (Å²) < 4.78 is 11.2. The standard InChI is InChI=1S/C23H18ClNO4/c1-15-4-9-21-19(11-15)20(26)12-22(29-21)23(27)25(14-18-3-2-10-28-18)13-16-5-7-17(24)8-6-16/h2-12H,13-14H2,1H3. The third-order valence-corrected chi connectivity index (χ3v) is 4.85. The highest BCUT2D eigenvalue weighted by molar-refractivity contribution is 6.30. The first-order valence-corrected chi connectivity index (χ1v) is 9.48. The van der Waals surface area contributed by atoms with Gasteiger partial charge in [0.1, 0.15) is 11.3 Å². The molecule has 1 amide bonds. The van der Waals surface area contributed by atoms with Crippen LogP contribution in [-0.4, -0.2) is 10.8 Å². The molecular weight excluding hydrogens is 390 g/mol. The molecule has 0 radical (unpaired) electrons. The summed E-state index contributed by atoms with van der Waals surface area (Å²) in [6.07, 6.45) is 1.55. The molecule has 4 rings (SSSR count). The van der Waals surface area contributed by atoms with E-state index in [1.54, 1.807) is 47.6 Å². The first kappa shape index (κ1) is 19.0. The molecule has 0 bridgehead atoms. The van der Waals surface area contributed by atoms with E-state index in [0.717, 1.165) is 11.1 Å². The van der Waals surface area contributed by atoms with Crippen LogP contribution in [0.5, 0.6) is 0 Å². The van der Waals surface area contributed by atoms with E-state index in [9.17, 15) is 9.59 Å². The van der Waals surface area contributed by atoms with Crippen molar-refractivity contribution in [3.63, 3.8) is 0 Å². The lowest BCUT2D eigenvalue weighted by atomic mass is 10.1. The van der Waals surface area contributed by atoms with Gasteiger partial charge in [0, 0.05) is 17.6 Å². The highest BCUT2D eigenvalue weighted by Crippen LogP contribution is 2.19. The summed E-state index contributed by atoms with van der Waals surface area (Å²) in [5.74, 6) is 0.230. The zero-order valence-corrected chi connectivity index (χ0v) is 16.5. The topological polar surface area (TPSA) is 63.7 Å². The molecule has 0 N–H and O–H groups in total. The minimum Gasteiger partial charge on any atom is -0.467 e. The number of hydrogen-bond donors (Lipinski definition) is 0. The molecule has 4 aromatic rings. The van der Waals surface area contributed by atoms with Crippen molar-refractivity contribution >= 4 is 28.5 Å². The Morgan fingerprint density at radius 1 is 1.03 bits per heavy atom. The number of benzene rings is 2. The maximum absolute atomic E-state index is 13.2. The van der Waals surface area contributed by atoms with Gasteiger partial charge in [-0.2, -0.15) is 0 Å². The smallest absolute Gasteiger partial charge is 0.290 e. The molecule has 2 heterocycles.